The molecule has 1 aliphatic carbocycles. The van der Waals surface area contributed by atoms with Crippen LogP contribution in [0, 0.1) is 11.7 Å². The van der Waals surface area contributed by atoms with Gasteiger partial charge in [0.05, 0.1) is 5.92 Å². The van der Waals surface area contributed by atoms with E-state index < -0.39 is 5.97 Å². The smallest absolute Gasteiger partial charge is 0.307 e. The SMILES string of the molecule is Cl.O=C(O)C1CCN(C2CCc3ccc(F)cc32)C1. The van der Waals surface area contributed by atoms with Gasteiger partial charge in [0.1, 0.15) is 5.82 Å². The van der Waals surface area contributed by atoms with Gasteiger partial charge in [-0.3, -0.25) is 9.69 Å². The number of carboxylic acids is 1. The molecule has 0 amide bonds. The molecule has 1 N–H and O–H groups in total. The van der Waals surface area contributed by atoms with Gasteiger partial charge in [-0.15, -0.1) is 12.4 Å². The molecular formula is C14H17ClFNO2. The summed E-state index contributed by atoms with van der Waals surface area (Å²) in [6.07, 6.45) is 2.65. The fraction of sp³-hybridized carbons (Fsp3) is 0.500. The number of hydrogen-bond acceptors (Lipinski definition) is 2. The number of rotatable bonds is 2. The summed E-state index contributed by atoms with van der Waals surface area (Å²) >= 11 is 0. The molecule has 1 heterocycles. The Labute approximate surface area is 117 Å². The molecule has 1 aromatic carbocycles. The van der Waals surface area contributed by atoms with E-state index in [2.05, 4.69) is 4.90 Å². The normalized spacial score (nSPS) is 25.9. The molecule has 5 heteroatoms. The van der Waals surface area contributed by atoms with E-state index in [1.165, 1.54) is 11.6 Å². The Morgan fingerprint density at radius 2 is 2.16 bits per heavy atom. The number of aliphatic carboxylic acids is 1. The summed E-state index contributed by atoms with van der Waals surface area (Å²) in [5, 5.41) is 9.03. The number of aryl methyl sites for hydroxylation is 1. The van der Waals surface area contributed by atoms with Gasteiger partial charge in [0.25, 0.3) is 0 Å². The van der Waals surface area contributed by atoms with E-state index >= 15 is 0 Å². The first-order valence-corrected chi connectivity index (χ1v) is 6.40. The molecule has 19 heavy (non-hydrogen) atoms. The Kier molecular flexibility index (Phi) is 4.11. The van der Waals surface area contributed by atoms with Crippen LogP contribution in [-0.4, -0.2) is 29.1 Å². The molecule has 104 valence electrons. The lowest BCUT2D eigenvalue weighted by atomic mass is 10.1. The van der Waals surface area contributed by atoms with E-state index in [1.54, 1.807) is 6.07 Å². The molecule has 2 unspecified atom stereocenters. The Bertz CT molecular complexity index is 494. The van der Waals surface area contributed by atoms with Crippen LogP contribution in [0.25, 0.3) is 0 Å². The van der Waals surface area contributed by atoms with Crippen molar-refractivity contribution >= 4 is 18.4 Å². The van der Waals surface area contributed by atoms with E-state index in [0.717, 1.165) is 24.9 Å². The Morgan fingerprint density at radius 3 is 2.84 bits per heavy atom. The van der Waals surface area contributed by atoms with Crippen molar-refractivity contribution in [3.8, 4) is 0 Å². The van der Waals surface area contributed by atoms with Crippen LogP contribution >= 0.6 is 12.4 Å². The van der Waals surface area contributed by atoms with Crippen molar-refractivity contribution in [1.82, 2.24) is 4.90 Å². The summed E-state index contributed by atoms with van der Waals surface area (Å²) < 4.78 is 13.3. The fourth-order valence-electron chi connectivity index (χ4n) is 3.20. The highest BCUT2D eigenvalue weighted by atomic mass is 35.5. The van der Waals surface area contributed by atoms with Crippen LogP contribution in [0.3, 0.4) is 0 Å². The maximum Gasteiger partial charge on any atom is 0.307 e. The zero-order chi connectivity index (χ0) is 12.7. The Morgan fingerprint density at radius 1 is 1.37 bits per heavy atom. The minimum absolute atomic E-state index is 0. The molecule has 0 radical (unpaired) electrons. The third-order valence-corrected chi connectivity index (χ3v) is 4.16. The van der Waals surface area contributed by atoms with Crippen LogP contribution in [0.1, 0.15) is 30.0 Å². The zero-order valence-corrected chi connectivity index (χ0v) is 11.3. The summed E-state index contributed by atoms with van der Waals surface area (Å²) in [6, 6.07) is 5.18. The molecule has 0 saturated carbocycles. The van der Waals surface area contributed by atoms with Gasteiger partial charge in [-0.1, -0.05) is 6.07 Å². The molecule has 1 aromatic rings. The number of benzene rings is 1. The first-order valence-electron chi connectivity index (χ1n) is 6.40. The minimum atomic E-state index is -0.713. The van der Waals surface area contributed by atoms with Crippen molar-refractivity contribution in [3.63, 3.8) is 0 Å². The summed E-state index contributed by atoms with van der Waals surface area (Å²) in [6.45, 7) is 1.40. The Hall–Kier alpha value is -1.13. The first-order chi connectivity index (χ1) is 8.65. The second-order valence-electron chi connectivity index (χ2n) is 5.22. The third-order valence-electron chi connectivity index (χ3n) is 4.16. The van der Waals surface area contributed by atoms with E-state index in [4.69, 9.17) is 5.11 Å². The van der Waals surface area contributed by atoms with E-state index in [-0.39, 0.29) is 30.2 Å². The van der Waals surface area contributed by atoms with Gasteiger partial charge in [-0.25, -0.2) is 4.39 Å². The largest absolute Gasteiger partial charge is 0.481 e. The average molecular weight is 286 g/mol. The van der Waals surface area contributed by atoms with Crippen molar-refractivity contribution in [2.45, 2.75) is 25.3 Å². The van der Waals surface area contributed by atoms with Crippen molar-refractivity contribution in [1.29, 1.82) is 0 Å². The van der Waals surface area contributed by atoms with Gasteiger partial charge in [0.2, 0.25) is 0 Å². The summed E-state index contributed by atoms with van der Waals surface area (Å²) in [5.41, 5.74) is 2.27. The summed E-state index contributed by atoms with van der Waals surface area (Å²) in [7, 11) is 0. The topological polar surface area (TPSA) is 40.5 Å². The first kappa shape index (κ1) is 14.3. The van der Waals surface area contributed by atoms with E-state index in [1.807, 2.05) is 6.07 Å². The van der Waals surface area contributed by atoms with Crippen LogP contribution in [0.2, 0.25) is 0 Å². The van der Waals surface area contributed by atoms with E-state index in [0.29, 0.717) is 13.0 Å². The molecular weight excluding hydrogens is 269 g/mol. The maximum absolute atomic E-state index is 13.3. The van der Waals surface area contributed by atoms with Crippen LogP contribution in [0.5, 0.6) is 0 Å². The lowest BCUT2D eigenvalue weighted by molar-refractivity contribution is -0.141. The molecule has 1 aliphatic heterocycles. The third kappa shape index (κ3) is 2.60. The summed E-state index contributed by atoms with van der Waals surface area (Å²) in [5.74, 6) is -1.17. The number of likely N-dealkylation sites (tertiary alicyclic amines) is 1. The molecule has 0 spiro atoms. The molecule has 0 aromatic heterocycles. The highest BCUT2D eigenvalue weighted by Crippen LogP contribution is 2.38. The molecule has 1 fully saturated rings. The van der Waals surface area contributed by atoms with Gasteiger partial charge in [0.15, 0.2) is 0 Å². The average Bonchev–Trinajstić information content (AvgIpc) is 2.93. The monoisotopic (exact) mass is 285 g/mol. The van der Waals surface area contributed by atoms with Gasteiger partial charge in [-0.05, 0) is 49.1 Å². The minimum Gasteiger partial charge on any atom is -0.481 e. The van der Waals surface area contributed by atoms with Crippen LogP contribution < -0.4 is 0 Å². The highest BCUT2D eigenvalue weighted by molar-refractivity contribution is 5.85. The maximum atomic E-state index is 13.3. The number of carboxylic acid groups (broad SMARTS) is 1. The Balaban J connectivity index is 0.00000133. The fourth-order valence-corrected chi connectivity index (χ4v) is 3.20. The number of nitrogens with zero attached hydrogens (tertiary/aromatic N) is 1. The van der Waals surface area contributed by atoms with Gasteiger partial charge < -0.3 is 5.11 Å². The lowest BCUT2D eigenvalue weighted by Crippen LogP contribution is -2.26. The van der Waals surface area contributed by atoms with Crippen molar-refractivity contribution in [2.24, 2.45) is 5.92 Å². The predicted molar refractivity (Wildman–Crippen MR) is 72.0 cm³/mol. The van der Waals surface area contributed by atoms with Crippen LogP contribution in [0.4, 0.5) is 4.39 Å². The number of fused-ring (bicyclic) bond motifs is 1. The van der Waals surface area contributed by atoms with Crippen molar-refractivity contribution < 1.29 is 14.3 Å². The van der Waals surface area contributed by atoms with Crippen LogP contribution in [0.15, 0.2) is 18.2 Å². The number of hydrogen-bond donors (Lipinski definition) is 1. The van der Waals surface area contributed by atoms with E-state index in [9.17, 15) is 9.18 Å². The standard InChI is InChI=1S/C14H16FNO2.ClH/c15-11-3-1-9-2-4-13(12(9)7-11)16-6-5-10(8-16)14(17)18;/h1,3,7,10,13H,2,4-6,8H2,(H,17,18);1H. The number of carbonyl (C=O) groups is 1. The highest BCUT2D eigenvalue weighted by Gasteiger charge is 2.35. The number of halogens is 2. The van der Waals surface area contributed by atoms with Crippen LogP contribution in [-0.2, 0) is 11.2 Å². The molecule has 3 rings (SSSR count). The zero-order valence-electron chi connectivity index (χ0n) is 10.5. The second kappa shape index (κ2) is 5.47. The van der Waals surface area contributed by atoms with Crippen molar-refractivity contribution in [2.75, 3.05) is 13.1 Å². The quantitative estimate of drug-likeness (QED) is 0.908. The molecule has 3 nitrogen and oxygen atoms in total. The summed E-state index contributed by atoms with van der Waals surface area (Å²) in [4.78, 5) is 13.2. The molecule has 2 aliphatic rings. The van der Waals surface area contributed by atoms with Crippen molar-refractivity contribution in [3.05, 3.63) is 35.1 Å². The van der Waals surface area contributed by atoms with Gasteiger partial charge in [-0.2, -0.15) is 0 Å². The predicted octanol–water partition coefficient (Wildman–Crippen LogP) is 2.64. The lowest BCUT2D eigenvalue weighted by Gasteiger charge is -2.24. The molecule has 2 atom stereocenters. The van der Waals surface area contributed by atoms with Gasteiger partial charge in [0, 0.05) is 12.6 Å². The molecule has 1 saturated heterocycles. The second-order valence-corrected chi connectivity index (χ2v) is 5.22. The molecule has 0 bridgehead atoms. The van der Waals surface area contributed by atoms with Gasteiger partial charge >= 0.3 is 5.97 Å².